The molecule has 0 radical (unpaired) electrons. The van der Waals surface area contributed by atoms with E-state index < -0.39 is 10.0 Å². The molecule has 0 saturated heterocycles. The van der Waals surface area contributed by atoms with Crippen molar-refractivity contribution in [3.8, 4) is 5.75 Å². The van der Waals surface area contributed by atoms with Crippen molar-refractivity contribution in [3.63, 3.8) is 0 Å². The second-order valence-corrected chi connectivity index (χ2v) is 5.97. The summed E-state index contributed by atoms with van der Waals surface area (Å²) in [7, 11) is -3.67. The number of hydrogen-bond donors (Lipinski definition) is 2. The van der Waals surface area contributed by atoms with E-state index in [2.05, 4.69) is 9.71 Å². The molecule has 0 aliphatic rings. The highest BCUT2D eigenvalue weighted by Gasteiger charge is 2.15. The number of rotatable bonds is 6. The summed E-state index contributed by atoms with van der Waals surface area (Å²) in [4.78, 5) is 4.16. The summed E-state index contributed by atoms with van der Waals surface area (Å²) < 4.78 is 32.2. The molecule has 1 aromatic heterocycles. The number of aliphatic hydroxyl groups excluding tert-OH is 1. The largest absolute Gasteiger partial charge is 0.491 e. The molecule has 7 heteroatoms. The highest BCUT2D eigenvalue weighted by atomic mass is 32.2. The van der Waals surface area contributed by atoms with Gasteiger partial charge in [0, 0.05) is 6.20 Å². The first-order chi connectivity index (χ1) is 10.0. The van der Waals surface area contributed by atoms with Crippen molar-refractivity contribution < 1.29 is 18.3 Å². The van der Waals surface area contributed by atoms with E-state index in [0.29, 0.717) is 17.1 Å². The summed E-state index contributed by atoms with van der Waals surface area (Å²) in [6.07, 6.45) is 1.60. The molecule has 0 spiro atoms. The molecule has 0 amide bonds. The number of aromatic nitrogens is 1. The van der Waals surface area contributed by atoms with Gasteiger partial charge in [0.05, 0.1) is 22.9 Å². The molecule has 1 heterocycles. The average Bonchev–Trinajstić information content (AvgIpc) is 2.48. The first-order valence-electron chi connectivity index (χ1n) is 6.31. The maximum Gasteiger partial charge on any atom is 0.261 e. The number of nitrogens with one attached hydrogen (secondary N) is 1. The van der Waals surface area contributed by atoms with Gasteiger partial charge in [-0.1, -0.05) is 0 Å². The van der Waals surface area contributed by atoms with E-state index in [4.69, 9.17) is 9.84 Å². The van der Waals surface area contributed by atoms with Crippen LogP contribution in [0.2, 0.25) is 0 Å². The Morgan fingerprint density at radius 3 is 2.57 bits per heavy atom. The van der Waals surface area contributed by atoms with Gasteiger partial charge in [-0.3, -0.25) is 9.71 Å². The van der Waals surface area contributed by atoms with Crippen LogP contribution in [0.3, 0.4) is 0 Å². The molecule has 0 fully saturated rings. The van der Waals surface area contributed by atoms with E-state index in [-0.39, 0.29) is 18.1 Å². The number of benzene rings is 1. The summed E-state index contributed by atoms with van der Waals surface area (Å²) in [5.41, 5.74) is 1.04. The number of sulfonamides is 1. The van der Waals surface area contributed by atoms with Crippen LogP contribution in [0.15, 0.2) is 47.5 Å². The second kappa shape index (κ2) is 6.55. The molecule has 0 unspecified atom stereocenters. The molecule has 2 rings (SSSR count). The van der Waals surface area contributed by atoms with Gasteiger partial charge >= 0.3 is 0 Å². The fourth-order valence-electron chi connectivity index (χ4n) is 1.67. The summed E-state index contributed by atoms with van der Waals surface area (Å²) >= 11 is 0. The molecule has 0 aliphatic heterocycles. The van der Waals surface area contributed by atoms with Gasteiger partial charge in [0.1, 0.15) is 12.4 Å². The number of hydrogen-bond acceptors (Lipinski definition) is 5. The SMILES string of the molecule is Cc1ncccc1NS(=O)(=O)c1ccc(OCCO)cc1. The van der Waals surface area contributed by atoms with Crippen LogP contribution in [0.4, 0.5) is 5.69 Å². The summed E-state index contributed by atoms with van der Waals surface area (Å²) in [5.74, 6) is 0.501. The van der Waals surface area contributed by atoms with Crippen LogP contribution in [0.5, 0.6) is 5.75 Å². The Labute approximate surface area is 123 Å². The zero-order valence-electron chi connectivity index (χ0n) is 11.5. The minimum atomic E-state index is -3.67. The topological polar surface area (TPSA) is 88.5 Å². The molecule has 6 nitrogen and oxygen atoms in total. The molecule has 2 N–H and O–H groups in total. The molecule has 2 aromatic rings. The Kier molecular flexibility index (Phi) is 4.77. The van der Waals surface area contributed by atoms with Crippen LogP contribution in [0.25, 0.3) is 0 Å². The lowest BCUT2D eigenvalue weighted by Gasteiger charge is -2.10. The van der Waals surface area contributed by atoms with Gasteiger partial charge < -0.3 is 9.84 Å². The van der Waals surface area contributed by atoms with Crippen LogP contribution in [-0.4, -0.2) is 31.7 Å². The quantitative estimate of drug-likeness (QED) is 0.845. The maximum atomic E-state index is 12.3. The zero-order chi connectivity index (χ0) is 15.3. The molecule has 1 aromatic carbocycles. The van der Waals surface area contributed by atoms with Crippen molar-refractivity contribution in [3.05, 3.63) is 48.3 Å². The Bertz CT molecular complexity index is 699. The van der Waals surface area contributed by atoms with Crippen LogP contribution >= 0.6 is 0 Å². The predicted octanol–water partition coefficient (Wildman–Crippen LogP) is 1.56. The van der Waals surface area contributed by atoms with E-state index in [1.54, 1.807) is 37.4 Å². The van der Waals surface area contributed by atoms with Gasteiger partial charge in [-0.2, -0.15) is 0 Å². The van der Waals surface area contributed by atoms with Crippen LogP contribution in [-0.2, 0) is 10.0 Å². The number of ether oxygens (including phenoxy) is 1. The lowest BCUT2D eigenvalue weighted by Crippen LogP contribution is -2.14. The van der Waals surface area contributed by atoms with Gasteiger partial charge in [0.25, 0.3) is 10.0 Å². The monoisotopic (exact) mass is 308 g/mol. The minimum absolute atomic E-state index is 0.0953. The van der Waals surface area contributed by atoms with Crippen molar-refractivity contribution in [2.75, 3.05) is 17.9 Å². The number of anilines is 1. The van der Waals surface area contributed by atoms with Crippen molar-refractivity contribution in [2.24, 2.45) is 0 Å². The van der Waals surface area contributed by atoms with Crippen LogP contribution in [0.1, 0.15) is 5.69 Å². The maximum absolute atomic E-state index is 12.3. The molecule has 0 saturated carbocycles. The first kappa shape index (κ1) is 15.3. The third-order valence-electron chi connectivity index (χ3n) is 2.75. The van der Waals surface area contributed by atoms with Crippen molar-refractivity contribution >= 4 is 15.7 Å². The van der Waals surface area contributed by atoms with E-state index >= 15 is 0 Å². The Hall–Kier alpha value is -2.12. The molecule has 112 valence electrons. The Balaban J connectivity index is 2.18. The van der Waals surface area contributed by atoms with Gasteiger partial charge in [0.15, 0.2) is 0 Å². The van der Waals surface area contributed by atoms with Crippen LogP contribution < -0.4 is 9.46 Å². The molecule has 21 heavy (non-hydrogen) atoms. The number of nitrogens with zero attached hydrogens (tertiary/aromatic N) is 1. The molecule has 0 bridgehead atoms. The fraction of sp³-hybridized carbons (Fsp3) is 0.214. The average molecular weight is 308 g/mol. The molecular weight excluding hydrogens is 292 g/mol. The van der Waals surface area contributed by atoms with E-state index in [1.807, 2.05) is 0 Å². The lowest BCUT2D eigenvalue weighted by molar-refractivity contribution is 0.201. The van der Waals surface area contributed by atoms with Crippen molar-refractivity contribution in [1.29, 1.82) is 0 Å². The summed E-state index contributed by atoms with van der Waals surface area (Å²) in [6, 6.07) is 9.29. The van der Waals surface area contributed by atoms with Gasteiger partial charge in [-0.15, -0.1) is 0 Å². The third-order valence-corrected chi connectivity index (χ3v) is 4.13. The van der Waals surface area contributed by atoms with E-state index in [1.165, 1.54) is 12.1 Å². The van der Waals surface area contributed by atoms with E-state index in [9.17, 15) is 8.42 Å². The highest BCUT2D eigenvalue weighted by molar-refractivity contribution is 7.92. The summed E-state index contributed by atoms with van der Waals surface area (Å²) in [5, 5.41) is 8.66. The number of aliphatic hydroxyl groups is 1. The van der Waals surface area contributed by atoms with E-state index in [0.717, 1.165) is 0 Å². The third kappa shape index (κ3) is 3.93. The first-order valence-corrected chi connectivity index (χ1v) is 7.79. The van der Waals surface area contributed by atoms with Gasteiger partial charge in [-0.25, -0.2) is 8.42 Å². The van der Waals surface area contributed by atoms with Crippen LogP contribution in [0, 0.1) is 6.92 Å². The number of aryl methyl sites for hydroxylation is 1. The van der Waals surface area contributed by atoms with Gasteiger partial charge in [0.2, 0.25) is 0 Å². The lowest BCUT2D eigenvalue weighted by atomic mass is 10.3. The minimum Gasteiger partial charge on any atom is -0.491 e. The molecule has 0 aliphatic carbocycles. The smallest absolute Gasteiger partial charge is 0.261 e. The van der Waals surface area contributed by atoms with Gasteiger partial charge in [-0.05, 0) is 43.3 Å². The second-order valence-electron chi connectivity index (χ2n) is 4.29. The Morgan fingerprint density at radius 1 is 1.24 bits per heavy atom. The Morgan fingerprint density at radius 2 is 1.95 bits per heavy atom. The normalized spacial score (nSPS) is 11.1. The van der Waals surface area contributed by atoms with Crippen molar-refractivity contribution in [1.82, 2.24) is 4.98 Å². The summed E-state index contributed by atoms with van der Waals surface area (Å²) in [6.45, 7) is 1.80. The molecular formula is C14H16N2O4S. The highest BCUT2D eigenvalue weighted by Crippen LogP contribution is 2.20. The molecule has 0 atom stereocenters. The standard InChI is InChI=1S/C14H16N2O4S/c1-11-14(3-2-8-15-11)16-21(18,19)13-6-4-12(5-7-13)20-10-9-17/h2-8,16-17H,9-10H2,1H3. The number of pyridine rings is 1. The predicted molar refractivity (Wildman–Crippen MR) is 78.8 cm³/mol. The zero-order valence-corrected chi connectivity index (χ0v) is 12.3. The van der Waals surface area contributed by atoms with Crippen molar-refractivity contribution in [2.45, 2.75) is 11.8 Å². The fourth-order valence-corrected chi connectivity index (χ4v) is 2.79.